The van der Waals surface area contributed by atoms with Gasteiger partial charge in [0.25, 0.3) is 0 Å². The first-order chi connectivity index (χ1) is 9.24. The van der Waals surface area contributed by atoms with Crippen LogP contribution in [0.5, 0.6) is 0 Å². The monoisotopic (exact) mass is 313 g/mol. The van der Waals surface area contributed by atoms with Crippen molar-refractivity contribution in [3.8, 4) is 0 Å². The highest BCUT2D eigenvalue weighted by atomic mass is 35.5. The molecule has 110 valence electrons. The van der Waals surface area contributed by atoms with Gasteiger partial charge in [0.1, 0.15) is 5.82 Å². The molecule has 0 radical (unpaired) electrons. The van der Waals surface area contributed by atoms with E-state index in [0.29, 0.717) is 6.04 Å². The number of piperazine rings is 1. The standard InChI is InChI=1S/C13H19N5S.ClH/c1-10-16-11(9-19-10)8-18-6-3-14-7-12(18)13-15-4-5-17(13)2;/h4-5,9,12,14H,3,6-8H2,1-2H3;1H. The molecule has 0 aliphatic carbocycles. The first kappa shape index (κ1) is 15.4. The van der Waals surface area contributed by atoms with Crippen LogP contribution in [0.4, 0.5) is 0 Å². The summed E-state index contributed by atoms with van der Waals surface area (Å²) in [6.45, 7) is 5.98. The van der Waals surface area contributed by atoms with E-state index in [9.17, 15) is 0 Å². The van der Waals surface area contributed by atoms with Gasteiger partial charge >= 0.3 is 0 Å². The minimum absolute atomic E-state index is 0. The van der Waals surface area contributed by atoms with Gasteiger partial charge in [0.2, 0.25) is 0 Å². The predicted octanol–water partition coefficient (Wildman–Crippen LogP) is 1.75. The average molecular weight is 314 g/mol. The van der Waals surface area contributed by atoms with Gasteiger partial charge in [-0.1, -0.05) is 0 Å². The molecule has 0 aromatic carbocycles. The molecule has 2 aromatic heterocycles. The maximum atomic E-state index is 4.57. The molecule has 0 amide bonds. The molecule has 3 heterocycles. The summed E-state index contributed by atoms with van der Waals surface area (Å²) in [5.74, 6) is 1.12. The third kappa shape index (κ3) is 3.20. The van der Waals surface area contributed by atoms with E-state index in [2.05, 4.69) is 44.1 Å². The topological polar surface area (TPSA) is 46.0 Å². The van der Waals surface area contributed by atoms with Crippen LogP contribution < -0.4 is 5.32 Å². The van der Waals surface area contributed by atoms with Crippen LogP contribution in [0.15, 0.2) is 17.8 Å². The van der Waals surface area contributed by atoms with Crippen molar-refractivity contribution in [1.82, 2.24) is 24.8 Å². The van der Waals surface area contributed by atoms with E-state index in [1.807, 2.05) is 12.4 Å². The number of halogens is 1. The molecule has 1 aliphatic rings. The summed E-state index contributed by atoms with van der Waals surface area (Å²) >= 11 is 1.72. The summed E-state index contributed by atoms with van der Waals surface area (Å²) in [7, 11) is 2.06. The number of imidazole rings is 1. The molecule has 1 N–H and O–H groups in total. The molecule has 1 aliphatic heterocycles. The Morgan fingerprint density at radius 3 is 3.00 bits per heavy atom. The largest absolute Gasteiger partial charge is 0.337 e. The normalized spacial score (nSPS) is 19.8. The molecule has 3 rings (SSSR count). The van der Waals surface area contributed by atoms with Crippen LogP contribution in [0.3, 0.4) is 0 Å². The number of thiazole rings is 1. The average Bonchev–Trinajstić information content (AvgIpc) is 2.99. The van der Waals surface area contributed by atoms with Crippen LogP contribution in [-0.2, 0) is 13.6 Å². The molecule has 0 spiro atoms. The SMILES string of the molecule is Cc1nc(CN2CCNCC2c2nccn2C)cs1.Cl. The van der Waals surface area contributed by atoms with Crippen molar-refractivity contribution in [1.29, 1.82) is 0 Å². The summed E-state index contributed by atoms with van der Waals surface area (Å²) in [4.78, 5) is 11.5. The van der Waals surface area contributed by atoms with E-state index in [1.165, 1.54) is 5.69 Å². The van der Waals surface area contributed by atoms with E-state index in [4.69, 9.17) is 0 Å². The second-order valence-electron chi connectivity index (χ2n) is 4.94. The second-order valence-corrected chi connectivity index (χ2v) is 6.01. The number of aryl methyl sites for hydroxylation is 2. The maximum absolute atomic E-state index is 4.57. The lowest BCUT2D eigenvalue weighted by Gasteiger charge is -2.35. The van der Waals surface area contributed by atoms with Crippen LogP contribution in [-0.4, -0.2) is 39.1 Å². The van der Waals surface area contributed by atoms with Crippen LogP contribution in [0.2, 0.25) is 0 Å². The second kappa shape index (κ2) is 6.67. The minimum Gasteiger partial charge on any atom is -0.337 e. The van der Waals surface area contributed by atoms with Crippen molar-refractivity contribution in [3.05, 3.63) is 34.3 Å². The van der Waals surface area contributed by atoms with Gasteiger partial charge in [-0.15, -0.1) is 23.7 Å². The van der Waals surface area contributed by atoms with Crippen molar-refractivity contribution in [2.24, 2.45) is 7.05 Å². The van der Waals surface area contributed by atoms with Crippen molar-refractivity contribution >= 4 is 23.7 Å². The summed E-state index contributed by atoms with van der Waals surface area (Å²) in [5.41, 5.74) is 1.17. The Hall–Kier alpha value is -0.950. The van der Waals surface area contributed by atoms with Crippen molar-refractivity contribution < 1.29 is 0 Å². The van der Waals surface area contributed by atoms with E-state index < -0.39 is 0 Å². The molecule has 2 aromatic rings. The van der Waals surface area contributed by atoms with Gasteiger partial charge in [0, 0.05) is 51.0 Å². The summed E-state index contributed by atoms with van der Waals surface area (Å²) in [5, 5.41) is 6.76. The fourth-order valence-electron chi connectivity index (χ4n) is 2.58. The smallest absolute Gasteiger partial charge is 0.127 e. The van der Waals surface area contributed by atoms with E-state index in [1.54, 1.807) is 11.3 Å². The lowest BCUT2D eigenvalue weighted by Crippen LogP contribution is -2.46. The molecule has 1 fully saturated rings. The molecule has 5 nitrogen and oxygen atoms in total. The third-order valence-electron chi connectivity index (χ3n) is 3.54. The molecule has 0 bridgehead atoms. The molecular weight excluding hydrogens is 294 g/mol. The van der Waals surface area contributed by atoms with Gasteiger partial charge in [-0.25, -0.2) is 9.97 Å². The Labute approximate surface area is 129 Å². The van der Waals surface area contributed by atoms with Gasteiger partial charge in [-0.05, 0) is 6.92 Å². The van der Waals surface area contributed by atoms with E-state index in [0.717, 1.165) is 37.0 Å². The fraction of sp³-hybridized carbons (Fsp3) is 0.538. The molecule has 7 heteroatoms. The molecular formula is C13H20ClN5S. The Balaban J connectivity index is 0.00000147. The van der Waals surface area contributed by atoms with Crippen molar-refractivity contribution in [2.75, 3.05) is 19.6 Å². The number of nitrogens with zero attached hydrogens (tertiary/aromatic N) is 4. The number of hydrogen-bond donors (Lipinski definition) is 1. The predicted molar refractivity (Wildman–Crippen MR) is 83.3 cm³/mol. The Morgan fingerprint density at radius 2 is 2.35 bits per heavy atom. The zero-order valence-electron chi connectivity index (χ0n) is 11.7. The fourth-order valence-corrected chi connectivity index (χ4v) is 3.18. The van der Waals surface area contributed by atoms with Crippen LogP contribution >= 0.6 is 23.7 Å². The Bertz CT molecular complexity index is 552. The summed E-state index contributed by atoms with van der Waals surface area (Å²) in [6.07, 6.45) is 3.88. The Morgan fingerprint density at radius 1 is 1.50 bits per heavy atom. The zero-order chi connectivity index (χ0) is 13.2. The third-order valence-corrected chi connectivity index (χ3v) is 4.36. The molecule has 1 unspecified atom stereocenters. The molecule has 20 heavy (non-hydrogen) atoms. The van der Waals surface area contributed by atoms with Gasteiger partial charge < -0.3 is 9.88 Å². The van der Waals surface area contributed by atoms with Gasteiger partial charge in [0.05, 0.1) is 16.7 Å². The van der Waals surface area contributed by atoms with Crippen LogP contribution in [0, 0.1) is 6.92 Å². The number of hydrogen-bond acceptors (Lipinski definition) is 5. The highest BCUT2D eigenvalue weighted by Crippen LogP contribution is 2.23. The van der Waals surface area contributed by atoms with Crippen LogP contribution in [0.1, 0.15) is 22.6 Å². The van der Waals surface area contributed by atoms with Crippen molar-refractivity contribution in [3.63, 3.8) is 0 Å². The Kier molecular flexibility index (Phi) is 5.15. The molecule has 1 atom stereocenters. The molecule has 1 saturated heterocycles. The zero-order valence-corrected chi connectivity index (χ0v) is 13.4. The molecule has 0 saturated carbocycles. The first-order valence-corrected chi connectivity index (χ1v) is 7.45. The van der Waals surface area contributed by atoms with Gasteiger partial charge in [0.15, 0.2) is 0 Å². The lowest BCUT2D eigenvalue weighted by atomic mass is 10.1. The highest BCUT2D eigenvalue weighted by Gasteiger charge is 2.27. The first-order valence-electron chi connectivity index (χ1n) is 6.57. The van der Waals surface area contributed by atoms with E-state index in [-0.39, 0.29) is 12.4 Å². The number of rotatable bonds is 3. The quantitative estimate of drug-likeness (QED) is 0.938. The van der Waals surface area contributed by atoms with Gasteiger partial charge in [-0.3, -0.25) is 4.90 Å². The van der Waals surface area contributed by atoms with Crippen molar-refractivity contribution in [2.45, 2.75) is 19.5 Å². The van der Waals surface area contributed by atoms with Gasteiger partial charge in [-0.2, -0.15) is 0 Å². The van der Waals surface area contributed by atoms with Crippen LogP contribution in [0.25, 0.3) is 0 Å². The number of nitrogens with one attached hydrogen (secondary N) is 1. The summed E-state index contributed by atoms with van der Waals surface area (Å²) < 4.78 is 2.11. The van der Waals surface area contributed by atoms with E-state index >= 15 is 0 Å². The highest BCUT2D eigenvalue weighted by molar-refractivity contribution is 7.09. The summed E-state index contributed by atoms with van der Waals surface area (Å²) in [6, 6.07) is 0.329. The lowest BCUT2D eigenvalue weighted by molar-refractivity contribution is 0.143. The minimum atomic E-state index is 0. The maximum Gasteiger partial charge on any atom is 0.127 e. The number of aromatic nitrogens is 3.